The zero-order valence-corrected chi connectivity index (χ0v) is 20.2. The van der Waals surface area contributed by atoms with Crippen LogP contribution < -0.4 is 5.56 Å². The molecule has 178 valence electrons. The third-order valence-electron chi connectivity index (χ3n) is 6.21. The maximum atomic E-state index is 13.1. The van der Waals surface area contributed by atoms with Gasteiger partial charge in [0.2, 0.25) is 0 Å². The fourth-order valence-corrected chi connectivity index (χ4v) is 5.48. The number of aryl methyl sites for hydroxylation is 2. The predicted molar refractivity (Wildman–Crippen MR) is 134 cm³/mol. The van der Waals surface area contributed by atoms with Gasteiger partial charge in [0, 0.05) is 26.1 Å². The second kappa shape index (κ2) is 9.84. The molecule has 35 heavy (non-hydrogen) atoms. The van der Waals surface area contributed by atoms with Gasteiger partial charge in [-0.2, -0.15) is 0 Å². The first-order valence-electron chi connectivity index (χ1n) is 11.6. The lowest BCUT2D eigenvalue weighted by Gasteiger charge is -2.23. The number of rotatable bonds is 7. The fourth-order valence-electron chi connectivity index (χ4n) is 4.39. The summed E-state index contributed by atoms with van der Waals surface area (Å²) in [4.78, 5) is 46.1. The van der Waals surface area contributed by atoms with E-state index in [4.69, 9.17) is 4.74 Å². The minimum atomic E-state index is -0.609. The summed E-state index contributed by atoms with van der Waals surface area (Å²) in [6.07, 6.45) is 1.66. The number of esters is 1. The highest BCUT2D eigenvalue weighted by molar-refractivity contribution is 7.20. The standard InChI is InChI=1S/C27H25N3O4S/c1-18-23-25(28-21-13-8-14-30(21)26(23)32)35-24(18)27(33)34-17-22(31)29(15-19-9-4-2-5-10-19)16-20-11-6-3-7-12-20/h2-7,9-12H,8,13-17H2,1H3. The SMILES string of the molecule is Cc1c(C(=O)OCC(=O)N(Cc2ccccc2)Cc2ccccc2)sc2nc3n(c(=O)c12)CCC3. The predicted octanol–water partition coefficient (Wildman–Crippen LogP) is 4.10. The minimum absolute atomic E-state index is 0.108. The molecular formula is C27H25N3O4S. The summed E-state index contributed by atoms with van der Waals surface area (Å²) in [6.45, 7) is 2.81. The number of hydrogen-bond donors (Lipinski definition) is 0. The number of amides is 1. The van der Waals surface area contributed by atoms with E-state index in [-0.39, 0.29) is 18.1 Å². The molecular weight excluding hydrogens is 462 g/mol. The van der Waals surface area contributed by atoms with Crippen LogP contribution in [-0.4, -0.2) is 32.9 Å². The van der Waals surface area contributed by atoms with Crippen LogP contribution in [0.25, 0.3) is 10.2 Å². The Morgan fingerprint density at radius 2 is 1.66 bits per heavy atom. The van der Waals surface area contributed by atoms with Gasteiger partial charge in [0.05, 0.1) is 5.39 Å². The molecule has 1 amide bonds. The van der Waals surface area contributed by atoms with Crippen LogP contribution in [0.4, 0.5) is 0 Å². The Labute approximate surface area is 206 Å². The number of aromatic nitrogens is 2. The number of carbonyl (C=O) groups is 2. The second-order valence-corrected chi connectivity index (χ2v) is 9.62. The van der Waals surface area contributed by atoms with Crippen LogP contribution in [0.1, 0.15) is 38.6 Å². The molecule has 1 aliphatic rings. The molecule has 1 aliphatic heterocycles. The number of hydrogen-bond acceptors (Lipinski definition) is 6. The summed E-state index contributed by atoms with van der Waals surface area (Å²) in [5.74, 6) is -0.138. The first-order valence-corrected chi connectivity index (χ1v) is 12.4. The van der Waals surface area contributed by atoms with Crippen LogP contribution in [0.5, 0.6) is 0 Å². The largest absolute Gasteiger partial charge is 0.451 e. The molecule has 0 radical (unpaired) electrons. The van der Waals surface area contributed by atoms with Gasteiger partial charge in [-0.1, -0.05) is 60.7 Å². The normalized spacial score (nSPS) is 12.5. The maximum absolute atomic E-state index is 13.1. The fraction of sp³-hybridized carbons (Fsp3) is 0.259. The zero-order chi connectivity index (χ0) is 24.4. The molecule has 4 aromatic rings. The van der Waals surface area contributed by atoms with E-state index in [2.05, 4.69) is 4.98 Å². The summed E-state index contributed by atoms with van der Waals surface area (Å²) in [6, 6.07) is 19.4. The topological polar surface area (TPSA) is 81.5 Å². The van der Waals surface area contributed by atoms with Gasteiger partial charge < -0.3 is 9.64 Å². The Balaban J connectivity index is 1.33. The van der Waals surface area contributed by atoms with E-state index in [0.717, 1.165) is 41.1 Å². The molecule has 0 fully saturated rings. The zero-order valence-electron chi connectivity index (χ0n) is 19.4. The van der Waals surface area contributed by atoms with Crippen LogP contribution in [0, 0.1) is 6.92 Å². The lowest BCUT2D eigenvalue weighted by atomic mass is 10.1. The van der Waals surface area contributed by atoms with Crippen molar-refractivity contribution in [2.24, 2.45) is 0 Å². The monoisotopic (exact) mass is 487 g/mol. The molecule has 2 aromatic carbocycles. The summed E-state index contributed by atoms with van der Waals surface area (Å²) in [5, 5.41) is 0.466. The first kappa shape index (κ1) is 23.0. The Kier molecular flexibility index (Phi) is 6.46. The van der Waals surface area contributed by atoms with Gasteiger partial charge in [0.25, 0.3) is 11.5 Å². The summed E-state index contributed by atoms with van der Waals surface area (Å²) >= 11 is 1.15. The van der Waals surface area contributed by atoms with Crippen LogP contribution in [-0.2, 0) is 35.6 Å². The molecule has 0 unspecified atom stereocenters. The molecule has 3 heterocycles. The summed E-state index contributed by atoms with van der Waals surface area (Å²) in [5.41, 5.74) is 2.43. The molecule has 2 aromatic heterocycles. The van der Waals surface area contributed by atoms with Crippen molar-refractivity contribution in [3.05, 3.63) is 98.4 Å². The number of ether oxygens (including phenoxy) is 1. The molecule has 0 aliphatic carbocycles. The van der Waals surface area contributed by atoms with E-state index >= 15 is 0 Å². The van der Waals surface area contributed by atoms with E-state index in [1.165, 1.54) is 0 Å². The Morgan fingerprint density at radius 1 is 1.03 bits per heavy atom. The number of benzene rings is 2. The quantitative estimate of drug-likeness (QED) is 0.367. The third kappa shape index (κ3) is 4.74. The van der Waals surface area contributed by atoms with E-state index in [9.17, 15) is 14.4 Å². The highest BCUT2D eigenvalue weighted by Crippen LogP contribution is 2.29. The van der Waals surface area contributed by atoms with Gasteiger partial charge in [-0.3, -0.25) is 14.2 Å². The first-order chi connectivity index (χ1) is 17.0. The second-order valence-electron chi connectivity index (χ2n) is 8.62. The van der Waals surface area contributed by atoms with Gasteiger partial charge in [-0.25, -0.2) is 9.78 Å². The number of thiophene rings is 1. The van der Waals surface area contributed by atoms with Gasteiger partial charge in [-0.15, -0.1) is 11.3 Å². The maximum Gasteiger partial charge on any atom is 0.349 e. The lowest BCUT2D eigenvalue weighted by molar-refractivity contribution is -0.135. The highest BCUT2D eigenvalue weighted by atomic mass is 32.1. The van der Waals surface area contributed by atoms with Crippen molar-refractivity contribution >= 4 is 33.4 Å². The van der Waals surface area contributed by atoms with Crippen LogP contribution >= 0.6 is 11.3 Å². The molecule has 0 bridgehead atoms. The average Bonchev–Trinajstić information content (AvgIpc) is 3.48. The van der Waals surface area contributed by atoms with Crippen LogP contribution in [0.3, 0.4) is 0 Å². The lowest BCUT2D eigenvalue weighted by Crippen LogP contribution is -2.33. The van der Waals surface area contributed by atoms with Crippen molar-refractivity contribution in [3.8, 4) is 0 Å². The van der Waals surface area contributed by atoms with Crippen molar-refractivity contribution in [1.82, 2.24) is 14.5 Å². The molecule has 7 nitrogen and oxygen atoms in total. The molecule has 0 spiro atoms. The number of carbonyl (C=O) groups excluding carboxylic acids is 2. The van der Waals surface area contributed by atoms with Crippen LogP contribution in [0.15, 0.2) is 65.5 Å². The highest BCUT2D eigenvalue weighted by Gasteiger charge is 2.25. The molecule has 5 rings (SSSR count). The number of nitrogens with zero attached hydrogens (tertiary/aromatic N) is 3. The smallest absolute Gasteiger partial charge is 0.349 e. The Hall–Kier alpha value is -3.78. The summed E-state index contributed by atoms with van der Waals surface area (Å²) in [7, 11) is 0. The van der Waals surface area contributed by atoms with Gasteiger partial charge in [-0.05, 0) is 30.0 Å². The van der Waals surface area contributed by atoms with E-state index < -0.39 is 5.97 Å². The minimum Gasteiger partial charge on any atom is -0.451 e. The van der Waals surface area contributed by atoms with Crippen molar-refractivity contribution < 1.29 is 14.3 Å². The Morgan fingerprint density at radius 3 is 2.29 bits per heavy atom. The van der Waals surface area contributed by atoms with Gasteiger partial charge in [0.1, 0.15) is 15.5 Å². The van der Waals surface area contributed by atoms with Crippen molar-refractivity contribution in [2.75, 3.05) is 6.61 Å². The molecule has 0 saturated heterocycles. The van der Waals surface area contributed by atoms with Gasteiger partial charge in [0.15, 0.2) is 6.61 Å². The number of fused-ring (bicyclic) bond motifs is 2. The van der Waals surface area contributed by atoms with E-state index in [0.29, 0.717) is 40.3 Å². The summed E-state index contributed by atoms with van der Waals surface area (Å²) < 4.78 is 7.13. The van der Waals surface area contributed by atoms with Gasteiger partial charge >= 0.3 is 5.97 Å². The van der Waals surface area contributed by atoms with Crippen molar-refractivity contribution in [1.29, 1.82) is 0 Å². The molecule has 8 heteroatoms. The van der Waals surface area contributed by atoms with Crippen molar-refractivity contribution in [3.63, 3.8) is 0 Å². The molecule has 0 atom stereocenters. The van der Waals surface area contributed by atoms with Crippen LogP contribution in [0.2, 0.25) is 0 Å². The molecule has 0 N–H and O–H groups in total. The van der Waals surface area contributed by atoms with Crippen molar-refractivity contribution in [2.45, 2.75) is 39.4 Å². The Bertz CT molecular complexity index is 1400. The average molecular weight is 488 g/mol. The third-order valence-corrected chi connectivity index (χ3v) is 7.37. The van der Waals surface area contributed by atoms with E-state index in [1.807, 2.05) is 60.7 Å². The molecule has 0 saturated carbocycles. The van der Waals surface area contributed by atoms with E-state index in [1.54, 1.807) is 16.4 Å².